The van der Waals surface area contributed by atoms with Gasteiger partial charge in [-0.25, -0.2) is 4.39 Å². The molecule has 1 atom stereocenters. The summed E-state index contributed by atoms with van der Waals surface area (Å²) in [4.78, 5) is 2.17. The van der Waals surface area contributed by atoms with E-state index in [2.05, 4.69) is 11.8 Å². The highest BCUT2D eigenvalue weighted by Gasteiger charge is 2.20. The van der Waals surface area contributed by atoms with E-state index in [4.69, 9.17) is 17.3 Å². The normalized spacial score (nSPS) is 12.2. The Hall–Kier alpha value is -1.58. The first-order valence-electron chi connectivity index (χ1n) is 6.64. The molecule has 0 saturated carbocycles. The second-order valence-electron chi connectivity index (χ2n) is 4.54. The molecule has 2 aromatic carbocycles. The molecule has 0 bridgehead atoms. The molecule has 0 aromatic heterocycles. The first-order valence-corrected chi connectivity index (χ1v) is 7.01. The molecule has 20 heavy (non-hydrogen) atoms. The minimum Gasteiger partial charge on any atom is -0.363 e. The van der Waals surface area contributed by atoms with Crippen molar-refractivity contribution < 1.29 is 4.39 Å². The van der Waals surface area contributed by atoms with Crippen LogP contribution in [0.3, 0.4) is 0 Å². The zero-order valence-electron chi connectivity index (χ0n) is 11.4. The van der Waals surface area contributed by atoms with E-state index in [1.54, 1.807) is 6.07 Å². The van der Waals surface area contributed by atoms with Crippen molar-refractivity contribution in [2.24, 2.45) is 5.73 Å². The fourth-order valence-corrected chi connectivity index (χ4v) is 2.69. The lowest BCUT2D eigenvalue weighted by Gasteiger charge is -2.33. The van der Waals surface area contributed by atoms with Crippen LogP contribution in [-0.2, 0) is 0 Å². The summed E-state index contributed by atoms with van der Waals surface area (Å²) in [6.45, 7) is 3.26. The maximum atomic E-state index is 13.2. The summed E-state index contributed by atoms with van der Waals surface area (Å²) in [6, 6.07) is 14.4. The summed E-state index contributed by atoms with van der Waals surface area (Å²) in [7, 11) is 0. The van der Waals surface area contributed by atoms with E-state index in [0.717, 1.165) is 17.8 Å². The quantitative estimate of drug-likeness (QED) is 0.902. The van der Waals surface area contributed by atoms with Gasteiger partial charge in [0.05, 0.1) is 6.04 Å². The van der Waals surface area contributed by atoms with E-state index in [-0.39, 0.29) is 11.9 Å². The summed E-state index contributed by atoms with van der Waals surface area (Å²) in [6.07, 6.45) is 0. The molecule has 0 aliphatic rings. The van der Waals surface area contributed by atoms with E-state index in [1.165, 1.54) is 12.1 Å². The Bertz CT molecular complexity index is 560. The predicted octanol–water partition coefficient (Wildman–Crippen LogP) is 4.01. The Morgan fingerprint density at radius 1 is 1.20 bits per heavy atom. The van der Waals surface area contributed by atoms with Gasteiger partial charge in [-0.2, -0.15) is 0 Å². The van der Waals surface area contributed by atoms with Crippen molar-refractivity contribution in [1.82, 2.24) is 0 Å². The SMILES string of the molecule is CCN(c1ccccc1)C(CN)c1ccc(F)cc1Cl. The molecule has 2 aromatic rings. The van der Waals surface area contributed by atoms with Gasteiger partial charge in [-0.05, 0) is 36.8 Å². The number of nitrogens with zero attached hydrogens (tertiary/aromatic N) is 1. The van der Waals surface area contributed by atoms with Crippen molar-refractivity contribution in [3.63, 3.8) is 0 Å². The van der Waals surface area contributed by atoms with E-state index in [0.29, 0.717) is 11.6 Å². The molecule has 0 radical (unpaired) electrons. The lowest BCUT2D eigenvalue weighted by atomic mass is 10.0. The summed E-state index contributed by atoms with van der Waals surface area (Å²) in [5, 5.41) is 0.412. The van der Waals surface area contributed by atoms with Crippen LogP contribution in [0.15, 0.2) is 48.5 Å². The number of para-hydroxylation sites is 1. The molecule has 0 amide bonds. The van der Waals surface area contributed by atoms with Gasteiger partial charge in [0.1, 0.15) is 5.82 Å². The Morgan fingerprint density at radius 3 is 2.45 bits per heavy atom. The van der Waals surface area contributed by atoms with Gasteiger partial charge in [-0.3, -0.25) is 0 Å². The van der Waals surface area contributed by atoms with Crippen molar-refractivity contribution in [3.8, 4) is 0 Å². The number of nitrogens with two attached hydrogens (primary N) is 1. The third-order valence-electron chi connectivity index (χ3n) is 3.35. The van der Waals surface area contributed by atoms with Crippen LogP contribution in [0.4, 0.5) is 10.1 Å². The minimum atomic E-state index is -0.336. The fourth-order valence-electron chi connectivity index (χ4n) is 2.40. The van der Waals surface area contributed by atoms with Crippen LogP contribution in [-0.4, -0.2) is 13.1 Å². The molecule has 1 unspecified atom stereocenters. The summed E-state index contributed by atoms with van der Waals surface area (Å²) < 4.78 is 13.2. The van der Waals surface area contributed by atoms with Gasteiger partial charge >= 0.3 is 0 Å². The number of likely N-dealkylation sites (N-methyl/N-ethyl adjacent to an activating group) is 1. The van der Waals surface area contributed by atoms with Crippen LogP contribution >= 0.6 is 11.6 Å². The summed E-state index contributed by atoms with van der Waals surface area (Å²) in [5.74, 6) is -0.336. The van der Waals surface area contributed by atoms with Gasteiger partial charge < -0.3 is 10.6 Å². The highest BCUT2D eigenvalue weighted by Crippen LogP contribution is 2.31. The third kappa shape index (κ3) is 3.11. The van der Waals surface area contributed by atoms with Crippen LogP contribution in [0.25, 0.3) is 0 Å². The Kier molecular flexibility index (Phi) is 4.99. The Morgan fingerprint density at radius 2 is 1.90 bits per heavy atom. The predicted molar refractivity (Wildman–Crippen MR) is 82.7 cm³/mol. The lowest BCUT2D eigenvalue weighted by molar-refractivity contribution is 0.617. The second-order valence-corrected chi connectivity index (χ2v) is 4.95. The second kappa shape index (κ2) is 6.73. The van der Waals surface area contributed by atoms with Crippen LogP contribution in [0.2, 0.25) is 5.02 Å². The molecule has 106 valence electrons. The molecule has 4 heteroatoms. The molecule has 0 spiro atoms. The Balaban J connectivity index is 2.39. The van der Waals surface area contributed by atoms with Gasteiger partial charge in [0, 0.05) is 23.8 Å². The standard InChI is InChI=1S/C16H18ClFN2/c1-2-20(13-6-4-3-5-7-13)16(11-19)14-9-8-12(18)10-15(14)17/h3-10,16H,2,11,19H2,1H3. The maximum absolute atomic E-state index is 13.2. The topological polar surface area (TPSA) is 29.3 Å². The molecule has 0 heterocycles. The number of hydrogen-bond donors (Lipinski definition) is 1. The zero-order valence-corrected chi connectivity index (χ0v) is 12.1. The van der Waals surface area contributed by atoms with Crippen LogP contribution in [0, 0.1) is 5.82 Å². The highest BCUT2D eigenvalue weighted by molar-refractivity contribution is 6.31. The molecule has 2 nitrogen and oxygen atoms in total. The monoisotopic (exact) mass is 292 g/mol. The molecule has 0 saturated heterocycles. The van der Waals surface area contributed by atoms with Gasteiger partial charge in [-0.1, -0.05) is 35.9 Å². The van der Waals surface area contributed by atoms with Gasteiger partial charge in [-0.15, -0.1) is 0 Å². The van der Waals surface area contributed by atoms with Crippen molar-refractivity contribution in [2.75, 3.05) is 18.0 Å². The fraction of sp³-hybridized carbons (Fsp3) is 0.250. The van der Waals surface area contributed by atoms with Crippen molar-refractivity contribution in [3.05, 3.63) is 64.9 Å². The minimum absolute atomic E-state index is 0.0736. The van der Waals surface area contributed by atoms with E-state index in [9.17, 15) is 4.39 Å². The van der Waals surface area contributed by atoms with E-state index < -0.39 is 0 Å². The maximum Gasteiger partial charge on any atom is 0.124 e. The molecular weight excluding hydrogens is 275 g/mol. The first-order chi connectivity index (χ1) is 9.67. The van der Waals surface area contributed by atoms with Crippen LogP contribution < -0.4 is 10.6 Å². The Labute approximate surface area is 124 Å². The molecule has 2 N–H and O–H groups in total. The molecule has 0 fully saturated rings. The number of anilines is 1. The van der Waals surface area contributed by atoms with Crippen molar-refractivity contribution in [2.45, 2.75) is 13.0 Å². The van der Waals surface area contributed by atoms with Gasteiger partial charge in [0.15, 0.2) is 0 Å². The lowest BCUT2D eigenvalue weighted by Crippen LogP contribution is -2.33. The van der Waals surface area contributed by atoms with Crippen molar-refractivity contribution in [1.29, 1.82) is 0 Å². The van der Waals surface area contributed by atoms with Gasteiger partial charge in [0.25, 0.3) is 0 Å². The average Bonchev–Trinajstić information content (AvgIpc) is 2.46. The smallest absolute Gasteiger partial charge is 0.124 e. The average molecular weight is 293 g/mol. The van der Waals surface area contributed by atoms with Gasteiger partial charge in [0.2, 0.25) is 0 Å². The molecular formula is C16H18ClFN2. The van der Waals surface area contributed by atoms with Crippen LogP contribution in [0.5, 0.6) is 0 Å². The highest BCUT2D eigenvalue weighted by atomic mass is 35.5. The first kappa shape index (κ1) is 14.8. The third-order valence-corrected chi connectivity index (χ3v) is 3.68. The van der Waals surface area contributed by atoms with E-state index in [1.807, 2.05) is 30.3 Å². The summed E-state index contributed by atoms with van der Waals surface area (Å²) in [5.41, 5.74) is 7.85. The zero-order chi connectivity index (χ0) is 14.5. The van der Waals surface area contributed by atoms with Crippen LogP contribution in [0.1, 0.15) is 18.5 Å². The largest absolute Gasteiger partial charge is 0.363 e. The molecule has 0 aliphatic carbocycles. The molecule has 2 rings (SSSR count). The number of rotatable bonds is 5. The van der Waals surface area contributed by atoms with Crippen molar-refractivity contribution >= 4 is 17.3 Å². The van der Waals surface area contributed by atoms with E-state index >= 15 is 0 Å². The number of halogens is 2. The number of benzene rings is 2. The molecule has 0 aliphatic heterocycles. The number of hydrogen-bond acceptors (Lipinski definition) is 2. The summed E-state index contributed by atoms with van der Waals surface area (Å²) >= 11 is 6.17.